The summed E-state index contributed by atoms with van der Waals surface area (Å²) in [4.78, 5) is 43.5. The quantitative estimate of drug-likeness (QED) is 0.209. The Balaban J connectivity index is 3.38. The molecule has 0 atom stereocenters. The molecule has 0 radical (unpaired) electrons. The van der Waals surface area contributed by atoms with Crippen molar-refractivity contribution >= 4 is 46.0 Å². The maximum Gasteiger partial charge on any atom is 0.372 e. The fourth-order valence-corrected chi connectivity index (χ4v) is 2.01. The number of carbonyl (C=O) groups excluding carboxylic acids is 3. The lowest BCUT2D eigenvalue weighted by molar-refractivity contribution is -0.149. The number of halogens is 1. The molecule has 0 aliphatic rings. The van der Waals surface area contributed by atoms with E-state index in [1.807, 2.05) is 22.6 Å². The highest BCUT2D eigenvalue weighted by Crippen LogP contribution is 2.07. The highest BCUT2D eigenvalue weighted by molar-refractivity contribution is 14.1. The molecule has 0 unspecified atom stereocenters. The number of amides is 1. The van der Waals surface area contributed by atoms with Crippen LogP contribution in [0.25, 0.3) is 0 Å². The van der Waals surface area contributed by atoms with Crippen LogP contribution in [0.1, 0.15) is 51.4 Å². The number of carboxylic acid groups (broad SMARTS) is 1. The summed E-state index contributed by atoms with van der Waals surface area (Å²) in [5.41, 5.74) is 0. The molecule has 0 saturated heterocycles. The second-order valence-electron chi connectivity index (χ2n) is 4.77. The first-order valence-corrected chi connectivity index (χ1v) is 8.60. The molecule has 0 bridgehead atoms. The van der Waals surface area contributed by atoms with Crippen molar-refractivity contribution in [2.45, 2.75) is 51.4 Å². The van der Waals surface area contributed by atoms with Crippen LogP contribution in [-0.4, -0.2) is 39.5 Å². The fourth-order valence-electron chi connectivity index (χ4n) is 1.74. The van der Waals surface area contributed by atoms with Gasteiger partial charge in [0, 0.05) is 25.8 Å². The van der Waals surface area contributed by atoms with Gasteiger partial charge in [-0.3, -0.25) is 14.4 Å². The van der Waals surface area contributed by atoms with Crippen molar-refractivity contribution in [2.24, 2.45) is 0 Å². The molecule has 0 aliphatic carbocycles. The molecular formula is C14H22INO5. The summed E-state index contributed by atoms with van der Waals surface area (Å²) in [5, 5.41) is 11.2. The molecule has 120 valence electrons. The summed E-state index contributed by atoms with van der Waals surface area (Å²) in [5.74, 6) is -2.38. The van der Waals surface area contributed by atoms with Gasteiger partial charge in [0.1, 0.15) is 5.78 Å². The number of aliphatic carboxylic acids is 1. The lowest BCUT2D eigenvalue weighted by atomic mass is 10.0. The fraction of sp³-hybridized carbons (Fsp3) is 0.714. The van der Waals surface area contributed by atoms with Crippen LogP contribution in [0.5, 0.6) is 0 Å². The van der Waals surface area contributed by atoms with E-state index < -0.39 is 11.8 Å². The molecule has 0 rings (SSSR count). The first-order valence-electron chi connectivity index (χ1n) is 7.08. The number of hydrogen-bond donors (Lipinski definition) is 2. The number of carbonyl (C=O) groups is 4. The monoisotopic (exact) mass is 411 g/mol. The van der Waals surface area contributed by atoms with Crippen LogP contribution in [0.4, 0.5) is 0 Å². The molecule has 0 fully saturated rings. The van der Waals surface area contributed by atoms with Gasteiger partial charge in [0.15, 0.2) is 0 Å². The minimum atomic E-state index is -1.47. The van der Waals surface area contributed by atoms with Crippen molar-refractivity contribution in [3.63, 3.8) is 0 Å². The van der Waals surface area contributed by atoms with Crippen LogP contribution in [0, 0.1) is 0 Å². The minimum absolute atomic E-state index is 0.0213. The van der Waals surface area contributed by atoms with Crippen LogP contribution < -0.4 is 5.32 Å². The maximum absolute atomic E-state index is 11.4. The molecule has 21 heavy (non-hydrogen) atoms. The van der Waals surface area contributed by atoms with E-state index in [1.54, 1.807) is 0 Å². The number of ketones is 2. The SMILES string of the molecule is O=C(CCCCCCCNC(=O)CI)CCC(=O)C(=O)O. The third-order valence-electron chi connectivity index (χ3n) is 2.95. The molecule has 0 spiro atoms. The van der Waals surface area contributed by atoms with Gasteiger partial charge in [0.25, 0.3) is 0 Å². The van der Waals surface area contributed by atoms with E-state index in [2.05, 4.69) is 5.32 Å². The molecule has 0 saturated carbocycles. The number of Topliss-reactive ketones (excluding diaryl/α,β-unsaturated/α-hetero) is 2. The predicted octanol–water partition coefficient (Wildman–Crippen LogP) is 1.88. The highest BCUT2D eigenvalue weighted by atomic mass is 127. The highest BCUT2D eigenvalue weighted by Gasteiger charge is 2.13. The summed E-state index contributed by atoms with van der Waals surface area (Å²) in [6, 6.07) is 0. The third-order valence-corrected chi connectivity index (χ3v) is 3.64. The molecule has 6 nitrogen and oxygen atoms in total. The maximum atomic E-state index is 11.4. The van der Waals surface area contributed by atoms with E-state index in [9.17, 15) is 19.2 Å². The van der Waals surface area contributed by atoms with Crippen molar-refractivity contribution < 1.29 is 24.3 Å². The van der Waals surface area contributed by atoms with E-state index in [4.69, 9.17) is 5.11 Å². The average molecular weight is 411 g/mol. The van der Waals surface area contributed by atoms with Gasteiger partial charge < -0.3 is 10.4 Å². The summed E-state index contributed by atoms with van der Waals surface area (Å²) < 4.78 is 0.476. The molecule has 0 aliphatic heterocycles. The molecule has 1 amide bonds. The smallest absolute Gasteiger partial charge is 0.372 e. The third kappa shape index (κ3) is 12.5. The Kier molecular flexibility index (Phi) is 12.1. The van der Waals surface area contributed by atoms with Crippen molar-refractivity contribution in [1.29, 1.82) is 0 Å². The van der Waals surface area contributed by atoms with Crippen LogP contribution in [0.15, 0.2) is 0 Å². The number of unbranched alkanes of at least 4 members (excludes halogenated alkanes) is 4. The molecule has 0 aromatic carbocycles. The topological polar surface area (TPSA) is 101 Å². The Morgan fingerprint density at radius 1 is 0.857 bits per heavy atom. The molecule has 0 aromatic rings. The Morgan fingerprint density at radius 3 is 2.10 bits per heavy atom. The van der Waals surface area contributed by atoms with Crippen LogP contribution in [0.3, 0.4) is 0 Å². The van der Waals surface area contributed by atoms with E-state index in [0.29, 0.717) is 17.4 Å². The number of carboxylic acids is 1. The molecular weight excluding hydrogens is 389 g/mol. The summed E-state index contributed by atoms with van der Waals surface area (Å²) in [7, 11) is 0. The Morgan fingerprint density at radius 2 is 1.48 bits per heavy atom. The minimum Gasteiger partial charge on any atom is -0.476 e. The molecule has 2 N–H and O–H groups in total. The number of rotatable bonds is 13. The molecule has 0 aromatic heterocycles. The van der Waals surface area contributed by atoms with Crippen LogP contribution >= 0.6 is 22.6 Å². The summed E-state index contributed by atoms with van der Waals surface area (Å²) in [6.45, 7) is 0.693. The Bertz CT molecular complexity index is 370. The van der Waals surface area contributed by atoms with Crippen molar-refractivity contribution in [3.8, 4) is 0 Å². The van der Waals surface area contributed by atoms with Gasteiger partial charge in [-0.25, -0.2) is 4.79 Å². The Hall–Kier alpha value is -0.990. The first-order chi connectivity index (χ1) is 9.97. The first kappa shape index (κ1) is 20.0. The van der Waals surface area contributed by atoms with E-state index in [-0.39, 0.29) is 24.5 Å². The zero-order valence-corrected chi connectivity index (χ0v) is 14.2. The zero-order valence-electron chi connectivity index (χ0n) is 12.0. The normalized spacial score (nSPS) is 10.1. The second-order valence-corrected chi connectivity index (χ2v) is 5.53. The molecule has 0 heterocycles. The van der Waals surface area contributed by atoms with Gasteiger partial charge in [0.05, 0.1) is 4.43 Å². The van der Waals surface area contributed by atoms with E-state index >= 15 is 0 Å². The standard InChI is InChI=1S/C14H22INO5/c15-10-13(19)16-9-5-3-1-2-4-6-11(17)7-8-12(18)14(20)21/h1-10H2,(H,16,19)(H,20,21). The summed E-state index contributed by atoms with van der Waals surface area (Å²) in [6.07, 6.45) is 4.85. The van der Waals surface area contributed by atoms with Gasteiger partial charge in [-0.1, -0.05) is 41.9 Å². The number of alkyl halides is 1. The Labute approximate surface area is 138 Å². The van der Waals surface area contributed by atoms with Gasteiger partial charge in [-0.05, 0) is 12.8 Å². The van der Waals surface area contributed by atoms with Crippen LogP contribution in [0.2, 0.25) is 0 Å². The van der Waals surface area contributed by atoms with Crippen molar-refractivity contribution in [2.75, 3.05) is 11.0 Å². The lowest BCUT2D eigenvalue weighted by Gasteiger charge is -2.03. The van der Waals surface area contributed by atoms with Gasteiger partial charge in [0.2, 0.25) is 11.7 Å². The van der Waals surface area contributed by atoms with Gasteiger partial charge in [-0.15, -0.1) is 0 Å². The van der Waals surface area contributed by atoms with Gasteiger partial charge in [-0.2, -0.15) is 0 Å². The van der Waals surface area contributed by atoms with Crippen molar-refractivity contribution in [1.82, 2.24) is 5.32 Å². The number of hydrogen-bond acceptors (Lipinski definition) is 4. The predicted molar refractivity (Wildman–Crippen MR) is 86.5 cm³/mol. The lowest BCUT2D eigenvalue weighted by Crippen LogP contribution is -2.25. The average Bonchev–Trinajstić information content (AvgIpc) is 2.46. The van der Waals surface area contributed by atoms with Crippen molar-refractivity contribution in [3.05, 3.63) is 0 Å². The zero-order chi connectivity index (χ0) is 16.1. The largest absolute Gasteiger partial charge is 0.476 e. The van der Waals surface area contributed by atoms with Gasteiger partial charge >= 0.3 is 5.97 Å². The number of nitrogens with one attached hydrogen (secondary N) is 1. The van der Waals surface area contributed by atoms with E-state index in [1.165, 1.54) is 0 Å². The molecule has 7 heteroatoms. The summed E-state index contributed by atoms with van der Waals surface area (Å²) >= 11 is 2.02. The van der Waals surface area contributed by atoms with Crippen LogP contribution in [-0.2, 0) is 19.2 Å². The van der Waals surface area contributed by atoms with E-state index in [0.717, 1.165) is 32.1 Å². The second kappa shape index (κ2) is 12.7.